The molecule has 1 rings (SSSR count). The van der Waals surface area contributed by atoms with Gasteiger partial charge in [-0.25, -0.2) is 4.98 Å². The Morgan fingerprint density at radius 2 is 2.00 bits per heavy atom. The van der Waals surface area contributed by atoms with Crippen LogP contribution in [0.15, 0.2) is 10.4 Å². The van der Waals surface area contributed by atoms with Crippen molar-refractivity contribution in [2.75, 3.05) is 13.6 Å². The minimum atomic E-state index is 0.494. The number of aromatic nitrogens is 1. The molecule has 1 aromatic rings. The molecular formula is C16H30N4S. The molecule has 0 fully saturated rings. The number of nitrogens with one attached hydrogen (secondary N) is 2. The molecule has 0 spiro atoms. The largest absolute Gasteiger partial charge is 0.356 e. The van der Waals surface area contributed by atoms with Crippen molar-refractivity contribution in [2.24, 2.45) is 10.9 Å². The predicted molar refractivity (Wildman–Crippen MR) is 93.1 cm³/mol. The SMILES string of the molecule is CN=C(NCCCCC(C)C)NCc1nc(C(C)C)cs1. The Bertz CT molecular complexity index is 424. The first-order valence-electron chi connectivity index (χ1n) is 7.91. The van der Waals surface area contributed by atoms with Crippen molar-refractivity contribution >= 4 is 17.3 Å². The van der Waals surface area contributed by atoms with Crippen LogP contribution in [-0.4, -0.2) is 24.5 Å². The molecule has 1 heterocycles. The van der Waals surface area contributed by atoms with Gasteiger partial charge in [0.15, 0.2) is 5.96 Å². The molecule has 120 valence electrons. The summed E-state index contributed by atoms with van der Waals surface area (Å²) in [7, 11) is 1.81. The lowest BCUT2D eigenvalue weighted by Crippen LogP contribution is -2.37. The van der Waals surface area contributed by atoms with E-state index in [0.29, 0.717) is 5.92 Å². The highest BCUT2D eigenvalue weighted by Gasteiger charge is 2.06. The minimum Gasteiger partial charge on any atom is -0.356 e. The maximum atomic E-state index is 4.62. The first kappa shape index (κ1) is 18.0. The van der Waals surface area contributed by atoms with Gasteiger partial charge < -0.3 is 10.6 Å². The van der Waals surface area contributed by atoms with Crippen LogP contribution in [0.25, 0.3) is 0 Å². The normalized spacial score (nSPS) is 12.2. The minimum absolute atomic E-state index is 0.494. The van der Waals surface area contributed by atoms with Crippen LogP contribution in [0.4, 0.5) is 0 Å². The molecule has 2 N–H and O–H groups in total. The molecule has 0 radical (unpaired) electrons. The average Bonchev–Trinajstić information content (AvgIpc) is 2.90. The van der Waals surface area contributed by atoms with Gasteiger partial charge in [-0.3, -0.25) is 4.99 Å². The van der Waals surface area contributed by atoms with Crippen LogP contribution in [0.5, 0.6) is 0 Å². The Hall–Kier alpha value is -1.10. The van der Waals surface area contributed by atoms with Gasteiger partial charge in [-0.1, -0.05) is 40.5 Å². The van der Waals surface area contributed by atoms with Gasteiger partial charge in [0.05, 0.1) is 12.2 Å². The molecule has 0 aliphatic rings. The van der Waals surface area contributed by atoms with Gasteiger partial charge in [-0.05, 0) is 18.3 Å². The molecule has 0 saturated carbocycles. The summed E-state index contributed by atoms with van der Waals surface area (Å²) in [4.78, 5) is 8.87. The van der Waals surface area contributed by atoms with Crippen LogP contribution in [0.2, 0.25) is 0 Å². The van der Waals surface area contributed by atoms with Gasteiger partial charge >= 0.3 is 0 Å². The highest BCUT2D eigenvalue weighted by molar-refractivity contribution is 7.09. The van der Waals surface area contributed by atoms with E-state index in [1.807, 2.05) is 7.05 Å². The van der Waals surface area contributed by atoms with Crippen LogP contribution in [0.1, 0.15) is 63.6 Å². The van der Waals surface area contributed by atoms with E-state index in [0.717, 1.165) is 30.0 Å². The van der Waals surface area contributed by atoms with Crippen molar-refractivity contribution < 1.29 is 0 Å². The van der Waals surface area contributed by atoms with E-state index in [-0.39, 0.29) is 0 Å². The van der Waals surface area contributed by atoms with E-state index in [1.54, 1.807) is 11.3 Å². The van der Waals surface area contributed by atoms with E-state index < -0.39 is 0 Å². The predicted octanol–water partition coefficient (Wildman–Crippen LogP) is 3.76. The second-order valence-corrected chi connectivity index (χ2v) is 7.01. The number of hydrogen-bond acceptors (Lipinski definition) is 3. The Morgan fingerprint density at radius 3 is 2.57 bits per heavy atom. The Balaban J connectivity index is 2.24. The van der Waals surface area contributed by atoms with Crippen LogP contribution in [0.3, 0.4) is 0 Å². The maximum absolute atomic E-state index is 4.62. The summed E-state index contributed by atoms with van der Waals surface area (Å²) >= 11 is 1.71. The molecule has 0 amide bonds. The summed E-state index contributed by atoms with van der Waals surface area (Å²) in [6.45, 7) is 10.6. The summed E-state index contributed by atoms with van der Waals surface area (Å²) in [6.07, 6.45) is 3.75. The number of hydrogen-bond donors (Lipinski definition) is 2. The number of thiazole rings is 1. The Labute approximate surface area is 133 Å². The van der Waals surface area contributed by atoms with Gasteiger partial charge in [0.2, 0.25) is 0 Å². The molecule has 0 unspecified atom stereocenters. The third kappa shape index (κ3) is 7.46. The zero-order valence-corrected chi connectivity index (χ0v) is 14.9. The second kappa shape index (κ2) is 9.77. The topological polar surface area (TPSA) is 49.3 Å². The summed E-state index contributed by atoms with van der Waals surface area (Å²) in [5.74, 6) is 2.15. The molecule has 0 atom stereocenters. The van der Waals surface area contributed by atoms with E-state index in [2.05, 4.69) is 53.7 Å². The quantitative estimate of drug-likeness (QED) is 0.437. The van der Waals surface area contributed by atoms with Crippen molar-refractivity contribution in [2.45, 2.75) is 59.4 Å². The van der Waals surface area contributed by atoms with E-state index in [9.17, 15) is 0 Å². The number of aliphatic imine (C=N–C) groups is 1. The highest BCUT2D eigenvalue weighted by Crippen LogP contribution is 2.17. The molecule has 4 nitrogen and oxygen atoms in total. The second-order valence-electron chi connectivity index (χ2n) is 6.06. The lowest BCUT2D eigenvalue weighted by Gasteiger charge is -2.11. The molecule has 0 aliphatic carbocycles. The first-order chi connectivity index (χ1) is 10.0. The fourth-order valence-corrected chi connectivity index (χ4v) is 2.83. The number of rotatable bonds is 8. The van der Waals surface area contributed by atoms with Crippen molar-refractivity contribution in [3.63, 3.8) is 0 Å². The Morgan fingerprint density at radius 1 is 1.24 bits per heavy atom. The Kier molecular flexibility index (Phi) is 8.35. The van der Waals surface area contributed by atoms with E-state index in [1.165, 1.54) is 25.0 Å². The van der Waals surface area contributed by atoms with Crippen molar-refractivity contribution in [3.05, 3.63) is 16.1 Å². The van der Waals surface area contributed by atoms with Gasteiger partial charge in [0.1, 0.15) is 5.01 Å². The standard InChI is InChI=1S/C16H30N4S/c1-12(2)8-6-7-9-18-16(17-5)19-10-15-20-14(11-21-15)13(3)4/h11-13H,6-10H2,1-5H3,(H2,17,18,19). The van der Waals surface area contributed by atoms with E-state index in [4.69, 9.17) is 0 Å². The first-order valence-corrected chi connectivity index (χ1v) is 8.79. The highest BCUT2D eigenvalue weighted by atomic mass is 32.1. The fourth-order valence-electron chi connectivity index (χ4n) is 1.94. The molecule has 0 aromatic carbocycles. The van der Waals surface area contributed by atoms with Gasteiger partial charge in [-0.15, -0.1) is 11.3 Å². The smallest absolute Gasteiger partial charge is 0.191 e. The lowest BCUT2D eigenvalue weighted by molar-refractivity contribution is 0.534. The number of guanidine groups is 1. The number of nitrogens with zero attached hydrogens (tertiary/aromatic N) is 2. The van der Waals surface area contributed by atoms with Crippen molar-refractivity contribution in [1.82, 2.24) is 15.6 Å². The molecule has 5 heteroatoms. The molecule has 0 bridgehead atoms. The van der Waals surface area contributed by atoms with Crippen LogP contribution >= 0.6 is 11.3 Å². The summed E-state index contributed by atoms with van der Waals surface area (Å²) in [6, 6.07) is 0. The molecule has 21 heavy (non-hydrogen) atoms. The number of unbranched alkanes of at least 4 members (excludes halogenated alkanes) is 1. The van der Waals surface area contributed by atoms with Crippen molar-refractivity contribution in [3.8, 4) is 0 Å². The zero-order chi connectivity index (χ0) is 15.7. The molecule has 1 aromatic heterocycles. The third-order valence-corrected chi connectivity index (χ3v) is 4.16. The van der Waals surface area contributed by atoms with Crippen LogP contribution < -0.4 is 10.6 Å². The maximum Gasteiger partial charge on any atom is 0.191 e. The van der Waals surface area contributed by atoms with Gasteiger partial charge in [-0.2, -0.15) is 0 Å². The summed E-state index contributed by atoms with van der Waals surface area (Å²) in [5, 5.41) is 9.94. The zero-order valence-electron chi connectivity index (χ0n) is 14.1. The summed E-state index contributed by atoms with van der Waals surface area (Å²) in [5.41, 5.74) is 1.17. The monoisotopic (exact) mass is 310 g/mol. The van der Waals surface area contributed by atoms with Crippen LogP contribution in [0, 0.1) is 5.92 Å². The fraction of sp³-hybridized carbons (Fsp3) is 0.750. The van der Waals surface area contributed by atoms with Crippen molar-refractivity contribution in [1.29, 1.82) is 0 Å². The average molecular weight is 311 g/mol. The van der Waals surface area contributed by atoms with Crippen LogP contribution in [-0.2, 0) is 6.54 Å². The molecule has 0 saturated heterocycles. The van der Waals surface area contributed by atoms with E-state index >= 15 is 0 Å². The lowest BCUT2D eigenvalue weighted by atomic mass is 10.1. The summed E-state index contributed by atoms with van der Waals surface area (Å²) < 4.78 is 0. The van der Waals surface area contributed by atoms with Gasteiger partial charge in [0.25, 0.3) is 0 Å². The third-order valence-electron chi connectivity index (χ3n) is 3.29. The molecular weight excluding hydrogens is 280 g/mol. The van der Waals surface area contributed by atoms with Gasteiger partial charge in [0, 0.05) is 19.0 Å². The molecule has 0 aliphatic heterocycles.